The van der Waals surface area contributed by atoms with Crippen molar-refractivity contribution in [2.24, 2.45) is 5.10 Å². The van der Waals surface area contributed by atoms with Gasteiger partial charge in [-0.15, -0.1) is 0 Å². The minimum atomic E-state index is -0.761. The summed E-state index contributed by atoms with van der Waals surface area (Å²) in [4.78, 5) is 12.2. The minimum Gasteiger partial charge on any atom is -0.485 e. The van der Waals surface area contributed by atoms with Gasteiger partial charge in [-0.2, -0.15) is 5.10 Å². The Morgan fingerprint density at radius 3 is 2.76 bits per heavy atom. The highest BCUT2D eigenvalue weighted by molar-refractivity contribution is 9.10. The number of halogens is 1. The second-order valence-corrected chi connectivity index (χ2v) is 7.49. The summed E-state index contributed by atoms with van der Waals surface area (Å²) in [7, 11) is 0. The molecular weight excluding hydrogens is 388 g/mol. The summed E-state index contributed by atoms with van der Waals surface area (Å²) >= 11 is 3.20. The first-order chi connectivity index (χ1) is 11.8. The molecule has 1 amide bonds. The molecule has 0 bridgehead atoms. The monoisotopic (exact) mass is 406 g/mol. The van der Waals surface area contributed by atoms with Gasteiger partial charge in [0.2, 0.25) is 6.10 Å². The average molecular weight is 407 g/mol. The van der Waals surface area contributed by atoms with Crippen molar-refractivity contribution in [3.63, 3.8) is 0 Å². The Morgan fingerprint density at radius 1 is 1.28 bits per heavy atom. The molecule has 1 aliphatic heterocycles. The highest BCUT2D eigenvalue weighted by Crippen LogP contribution is 2.36. The number of nitrogens with zero attached hydrogens (tertiary/aromatic N) is 1. The molecule has 0 fully saturated rings. The molecule has 0 spiro atoms. The van der Waals surface area contributed by atoms with Gasteiger partial charge in [-0.1, -0.05) is 26.8 Å². The maximum atomic E-state index is 12.2. The lowest BCUT2D eigenvalue weighted by atomic mass is 9.87. The summed E-state index contributed by atoms with van der Waals surface area (Å²) in [5.74, 6) is 1.35. The molecule has 2 aromatic rings. The number of benzene rings is 1. The van der Waals surface area contributed by atoms with Gasteiger partial charge in [0, 0.05) is 0 Å². The first-order valence-electron chi connectivity index (χ1n) is 7.85. The molecule has 0 saturated heterocycles. The SMILES string of the molecule is CC(C)(C)c1ccc2c(c1)OC(C(=O)NN=Cc1ccc(Br)o1)CO2. The highest BCUT2D eigenvalue weighted by atomic mass is 79.9. The van der Waals surface area contributed by atoms with Crippen LogP contribution in [0.2, 0.25) is 0 Å². The van der Waals surface area contributed by atoms with Gasteiger partial charge >= 0.3 is 0 Å². The zero-order valence-electron chi connectivity index (χ0n) is 14.2. The molecule has 1 N–H and O–H groups in total. The number of hydrogen-bond acceptors (Lipinski definition) is 5. The van der Waals surface area contributed by atoms with Crippen LogP contribution in [0.1, 0.15) is 32.1 Å². The van der Waals surface area contributed by atoms with Crippen LogP contribution in [0.5, 0.6) is 11.5 Å². The standard InChI is InChI=1S/C18H19BrN2O4/c1-18(2,3)11-4-6-13-14(8-11)25-15(10-23-13)17(22)21-20-9-12-5-7-16(19)24-12/h4-9,15H,10H2,1-3H3,(H,21,22). The second-order valence-electron chi connectivity index (χ2n) is 6.71. The van der Waals surface area contributed by atoms with E-state index in [1.54, 1.807) is 12.1 Å². The number of furan rings is 1. The van der Waals surface area contributed by atoms with Gasteiger partial charge in [0.1, 0.15) is 12.4 Å². The summed E-state index contributed by atoms with van der Waals surface area (Å²) in [5.41, 5.74) is 3.53. The summed E-state index contributed by atoms with van der Waals surface area (Å²) in [6.45, 7) is 6.48. The average Bonchev–Trinajstić information content (AvgIpc) is 2.98. The van der Waals surface area contributed by atoms with Crippen molar-refractivity contribution in [3.05, 3.63) is 46.3 Å². The number of nitrogens with one attached hydrogen (secondary N) is 1. The molecule has 1 aromatic heterocycles. The van der Waals surface area contributed by atoms with Gasteiger partial charge in [0.25, 0.3) is 5.91 Å². The molecule has 1 aliphatic rings. The Bertz CT molecular complexity index is 808. The third kappa shape index (κ3) is 4.22. The lowest BCUT2D eigenvalue weighted by Crippen LogP contribution is -2.42. The van der Waals surface area contributed by atoms with Crippen LogP contribution in [-0.4, -0.2) is 24.8 Å². The predicted molar refractivity (Wildman–Crippen MR) is 97.2 cm³/mol. The van der Waals surface area contributed by atoms with Crippen molar-refractivity contribution in [3.8, 4) is 11.5 Å². The summed E-state index contributed by atoms with van der Waals surface area (Å²) in [5, 5.41) is 3.87. The molecule has 0 radical (unpaired) electrons. The van der Waals surface area contributed by atoms with E-state index in [1.165, 1.54) is 6.21 Å². The number of hydrogen-bond donors (Lipinski definition) is 1. The predicted octanol–water partition coefficient (Wildman–Crippen LogP) is 3.63. The molecule has 1 aromatic carbocycles. The highest BCUT2D eigenvalue weighted by Gasteiger charge is 2.28. The van der Waals surface area contributed by atoms with Crippen molar-refractivity contribution < 1.29 is 18.7 Å². The Labute approximate surface area is 154 Å². The zero-order valence-corrected chi connectivity index (χ0v) is 15.8. The lowest BCUT2D eigenvalue weighted by Gasteiger charge is -2.27. The van der Waals surface area contributed by atoms with Crippen molar-refractivity contribution in [2.75, 3.05) is 6.61 Å². The number of ether oxygens (including phenoxy) is 2. The van der Waals surface area contributed by atoms with E-state index in [4.69, 9.17) is 13.9 Å². The first kappa shape index (κ1) is 17.5. The topological polar surface area (TPSA) is 73.1 Å². The Hall–Kier alpha value is -2.28. The van der Waals surface area contributed by atoms with E-state index in [9.17, 15) is 4.79 Å². The van der Waals surface area contributed by atoms with Crippen LogP contribution < -0.4 is 14.9 Å². The Balaban J connectivity index is 1.65. The molecule has 2 heterocycles. The number of hydrazone groups is 1. The summed E-state index contributed by atoms with van der Waals surface area (Å²) in [6, 6.07) is 9.26. The normalized spacial score (nSPS) is 16.9. The van der Waals surface area contributed by atoms with E-state index < -0.39 is 6.10 Å². The Morgan fingerprint density at radius 2 is 2.08 bits per heavy atom. The fourth-order valence-corrected chi connectivity index (χ4v) is 2.62. The summed E-state index contributed by atoms with van der Waals surface area (Å²) < 4.78 is 17.3. The van der Waals surface area contributed by atoms with E-state index in [0.717, 1.165) is 5.56 Å². The number of fused-ring (bicyclic) bond motifs is 1. The van der Waals surface area contributed by atoms with E-state index in [2.05, 4.69) is 47.2 Å². The molecule has 0 saturated carbocycles. The molecule has 3 rings (SSSR count). The third-order valence-electron chi connectivity index (χ3n) is 3.72. The second kappa shape index (κ2) is 6.92. The van der Waals surface area contributed by atoms with E-state index in [1.807, 2.05) is 18.2 Å². The van der Waals surface area contributed by atoms with Gasteiger partial charge in [-0.3, -0.25) is 4.79 Å². The number of carbonyl (C=O) groups excluding carboxylic acids is 1. The third-order valence-corrected chi connectivity index (χ3v) is 4.15. The molecule has 132 valence electrons. The first-order valence-corrected chi connectivity index (χ1v) is 8.64. The fraction of sp³-hybridized carbons (Fsp3) is 0.333. The molecule has 7 heteroatoms. The number of amides is 1. The smallest absolute Gasteiger partial charge is 0.284 e. The van der Waals surface area contributed by atoms with E-state index in [-0.39, 0.29) is 17.9 Å². The quantitative estimate of drug-likeness (QED) is 0.623. The number of carbonyl (C=O) groups is 1. The Kier molecular flexibility index (Phi) is 4.85. The van der Waals surface area contributed by atoms with Crippen molar-refractivity contribution in [2.45, 2.75) is 32.3 Å². The lowest BCUT2D eigenvalue weighted by molar-refractivity contribution is -0.130. The summed E-state index contributed by atoms with van der Waals surface area (Å²) in [6.07, 6.45) is 0.654. The largest absolute Gasteiger partial charge is 0.485 e. The van der Waals surface area contributed by atoms with Crippen LogP contribution in [0.3, 0.4) is 0 Å². The van der Waals surface area contributed by atoms with Crippen LogP contribution in [0.25, 0.3) is 0 Å². The van der Waals surface area contributed by atoms with Crippen LogP contribution in [0, 0.1) is 0 Å². The van der Waals surface area contributed by atoms with Crippen LogP contribution in [0.15, 0.2) is 44.5 Å². The van der Waals surface area contributed by atoms with E-state index in [0.29, 0.717) is 21.9 Å². The minimum absolute atomic E-state index is 0.0187. The fourth-order valence-electron chi connectivity index (χ4n) is 2.30. The molecule has 6 nitrogen and oxygen atoms in total. The molecule has 1 unspecified atom stereocenters. The van der Waals surface area contributed by atoms with Crippen LogP contribution in [0.4, 0.5) is 0 Å². The van der Waals surface area contributed by atoms with Crippen LogP contribution in [-0.2, 0) is 10.2 Å². The van der Waals surface area contributed by atoms with Crippen molar-refractivity contribution in [1.82, 2.24) is 5.43 Å². The van der Waals surface area contributed by atoms with Gasteiger partial charge < -0.3 is 13.9 Å². The maximum Gasteiger partial charge on any atom is 0.284 e. The zero-order chi connectivity index (χ0) is 18.0. The molecule has 25 heavy (non-hydrogen) atoms. The number of rotatable bonds is 3. The molecule has 1 atom stereocenters. The van der Waals surface area contributed by atoms with Gasteiger partial charge in [0.15, 0.2) is 16.2 Å². The van der Waals surface area contributed by atoms with Crippen molar-refractivity contribution >= 4 is 28.1 Å². The van der Waals surface area contributed by atoms with E-state index >= 15 is 0 Å². The molecular formula is C18H19BrN2O4. The van der Waals surface area contributed by atoms with Gasteiger partial charge in [0.05, 0.1) is 6.21 Å². The maximum absolute atomic E-state index is 12.2. The molecule has 0 aliphatic carbocycles. The van der Waals surface area contributed by atoms with Gasteiger partial charge in [-0.05, 0) is 51.2 Å². The van der Waals surface area contributed by atoms with Crippen molar-refractivity contribution in [1.29, 1.82) is 0 Å². The van der Waals surface area contributed by atoms with Gasteiger partial charge in [-0.25, -0.2) is 5.43 Å². The van der Waals surface area contributed by atoms with Crippen LogP contribution >= 0.6 is 15.9 Å².